The van der Waals surface area contributed by atoms with Crippen LogP contribution in [0.2, 0.25) is 0 Å². The molecule has 0 aromatic rings. The molecule has 122 valence electrons. The van der Waals surface area contributed by atoms with Crippen molar-refractivity contribution in [3.05, 3.63) is 0 Å². The Morgan fingerprint density at radius 2 is 1.90 bits per heavy atom. The highest BCUT2D eigenvalue weighted by Crippen LogP contribution is 2.13. The zero-order valence-corrected chi connectivity index (χ0v) is 13.6. The molecule has 3 N–H and O–H groups in total. The maximum Gasteiger partial charge on any atom is 0.227 e. The normalized spacial score (nSPS) is 22.1. The fourth-order valence-corrected chi connectivity index (χ4v) is 2.25. The third-order valence-electron chi connectivity index (χ3n) is 3.24. The molecule has 0 aromatic heterocycles. The van der Waals surface area contributed by atoms with Crippen LogP contribution >= 0.6 is 0 Å². The Labute approximate surface area is 127 Å². The van der Waals surface area contributed by atoms with Gasteiger partial charge in [-0.05, 0) is 33.7 Å². The fraction of sp³-hybridized carbons (Fsp3) is 0.867. The number of rotatable bonds is 7. The van der Waals surface area contributed by atoms with Gasteiger partial charge < -0.3 is 20.7 Å². The molecule has 0 saturated carbocycles. The fourth-order valence-electron chi connectivity index (χ4n) is 2.25. The van der Waals surface area contributed by atoms with Crippen molar-refractivity contribution in [2.75, 3.05) is 26.3 Å². The lowest BCUT2D eigenvalue weighted by Gasteiger charge is -2.21. The first-order valence-corrected chi connectivity index (χ1v) is 7.73. The van der Waals surface area contributed by atoms with E-state index in [0.29, 0.717) is 26.2 Å². The van der Waals surface area contributed by atoms with Gasteiger partial charge in [-0.25, -0.2) is 0 Å². The molecule has 2 amide bonds. The molecule has 0 bridgehead atoms. The van der Waals surface area contributed by atoms with Gasteiger partial charge in [0.2, 0.25) is 11.8 Å². The Bertz CT molecular complexity index is 353. The summed E-state index contributed by atoms with van der Waals surface area (Å²) in [6, 6.07) is 0.0772. The molecule has 0 aliphatic carbocycles. The second-order valence-corrected chi connectivity index (χ2v) is 6.54. The zero-order valence-electron chi connectivity index (χ0n) is 13.6. The second-order valence-electron chi connectivity index (χ2n) is 6.54. The van der Waals surface area contributed by atoms with Crippen LogP contribution in [0.25, 0.3) is 0 Å². The van der Waals surface area contributed by atoms with Crippen LogP contribution in [0.5, 0.6) is 0 Å². The van der Waals surface area contributed by atoms with Gasteiger partial charge in [0.1, 0.15) is 0 Å². The smallest absolute Gasteiger partial charge is 0.227 e. The number of carbonyl (C=O) groups excluding carboxylic acids is 2. The highest BCUT2D eigenvalue weighted by Gasteiger charge is 2.33. The van der Waals surface area contributed by atoms with Crippen LogP contribution < -0.4 is 16.0 Å². The lowest BCUT2D eigenvalue weighted by molar-refractivity contribution is -0.125. The van der Waals surface area contributed by atoms with Gasteiger partial charge in [-0.3, -0.25) is 9.59 Å². The Morgan fingerprint density at radius 3 is 2.52 bits per heavy atom. The van der Waals surface area contributed by atoms with Crippen molar-refractivity contribution >= 4 is 11.8 Å². The van der Waals surface area contributed by atoms with E-state index in [9.17, 15) is 9.59 Å². The predicted molar refractivity (Wildman–Crippen MR) is 81.9 cm³/mol. The summed E-state index contributed by atoms with van der Waals surface area (Å²) in [7, 11) is 0. The summed E-state index contributed by atoms with van der Waals surface area (Å²) in [5.41, 5.74) is -0.241. The average Bonchev–Trinajstić information content (AvgIpc) is 2.82. The molecule has 1 aliphatic rings. The molecule has 6 heteroatoms. The molecule has 1 heterocycles. The third kappa shape index (κ3) is 6.91. The van der Waals surface area contributed by atoms with Crippen LogP contribution in [-0.2, 0) is 14.3 Å². The van der Waals surface area contributed by atoms with Gasteiger partial charge in [0.15, 0.2) is 0 Å². The Balaban J connectivity index is 2.28. The quantitative estimate of drug-likeness (QED) is 0.637. The van der Waals surface area contributed by atoms with E-state index in [1.165, 1.54) is 0 Å². The molecular weight excluding hydrogens is 270 g/mol. The van der Waals surface area contributed by atoms with Crippen molar-refractivity contribution in [2.45, 2.75) is 52.1 Å². The molecule has 0 spiro atoms. The highest BCUT2D eigenvalue weighted by atomic mass is 16.5. The van der Waals surface area contributed by atoms with Crippen LogP contribution in [0.4, 0.5) is 0 Å². The summed E-state index contributed by atoms with van der Waals surface area (Å²) >= 11 is 0. The first-order valence-electron chi connectivity index (χ1n) is 7.73. The Morgan fingerprint density at radius 1 is 1.19 bits per heavy atom. The number of hydrogen-bond acceptors (Lipinski definition) is 4. The summed E-state index contributed by atoms with van der Waals surface area (Å²) in [4.78, 5) is 23.8. The molecule has 21 heavy (non-hydrogen) atoms. The highest BCUT2D eigenvalue weighted by molar-refractivity contribution is 5.81. The van der Waals surface area contributed by atoms with Crippen LogP contribution in [0.1, 0.15) is 40.5 Å². The van der Waals surface area contributed by atoms with Crippen molar-refractivity contribution in [1.29, 1.82) is 0 Å². The monoisotopic (exact) mass is 299 g/mol. The van der Waals surface area contributed by atoms with Crippen LogP contribution in [-0.4, -0.2) is 49.7 Å². The SMILES string of the molecule is CCCNC1COCC1C(=O)NCCC(=O)NC(C)(C)C. The largest absolute Gasteiger partial charge is 0.379 e. The van der Waals surface area contributed by atoms with Crippen molar-refractivity contribution in [3.8, 4) is 0 Å². The van der Waals surface area contributed by atoms with E-state index in [4.69, 9.17) is 4.74 Å². The number of carbonyl (C=O) groups is 2. The molecular formula is C15H29N3O3. The van der Waals surface area contributed by atoms with Gasteiger partial charge in [0, 0.05) is 24.5 Å². The van der Waals surface area contributed by atoms with Gasteiger partial charge in [-0.2, -0.15) is 0 Å². The van der Waals surface area contributed by atoms with Crippen LogP contribution in [0.3, 0.4) is 0 Å². The summed E-state index contributed by atoms with van der Waals surface area (Å²) in [5.74, 6) is -0.252. The lowest BCUT2D eigenvalue weighted by atomic mass is 10.0. The minimum absolute atomic E-state index is 0.0374. The molecule has 6 nitrogen and oxygen atoms in total. The molecule has 2 unspecified atom stereocenters. The number of hydrogen-bond donors (Lipinski definition) is 3. The maximum absolute atomic E-state index is 12.1. The second kappa shape index (κ2) is 8.34. The van der Waals surface area contributed by atoms with Gasteiger partial charge in [-0.1, -0.05) is 6.92 Å². The van der Waals surface area contributed by atoms with Crippen LogP contribution in [0, 0.1) is 5.92 Å². The number of amides is 2. The molecule has 0 aromatic carbocycles. The van der Waals surface area contributed by atoms with E-state index in [1.54, 1.807) is 0 Å². The molecule has 1 fully saturated rings. The lowest BCUT2D eigenvalue weighted by Crippen LogP contribution is -2.45. The third-order valence-corrected chi connectivity index (χ3v) is 3.24. The van der Waals surface area contributed by atoms with E-state index >= 15 is 0 Å². The Kier molecular flexibility index (Phi) is 7.11. The standard InChI is InChI=1S/C15H29N3O3/c1-5-7-16-12-10-21-9-11(12)14(20)17-8-6-13(19)18-15(2,3)4/h11-12,16H,5-10H2,1-4H3,(H,17,20)(H,18,19). The van der Waals surface area contributed by atoms with Gasteiger partial charge in [0.25, 0.3) is 0 Å². The molecule has 1 rings (SSSR count). The zero-order chi connectivity index (χ0) is 15.9. The first kappa shape index (κ1) is 17.9. The summed E-state index contributed by atoms with van der Waals surface area (Å²) < 4.78 is 5.38. The molecule has 0 radical (unpaired) electrons. The van der Waals surface area contributed by atoms with Gasteiger partial charge >= 0.3 is 0 Å². The van der Waals surface area contributed by atoms with Crippen LogP contribution in [0.15, 0.2) is 0 Å². The summed E-state index contributed by atoms with van der Waals surface area (Å²) in [6.45, 7) is 10.1. The topological polar surface area (TPSA) is 79.5 Å². The van der Waals surface area contributed by atoms with E-state index in [0.717, 1.165) is 13.0 Å². The van der Waals surface area contributed by atoms with Crippen molar-refractivity contribution in [3.63, 3.8) is 0 Å². The van der Waals surface area contributed by atoms with Gasteiger partial charge in [0.05, 0.1) is 19.1 Å². The van der Waals surface area contributed by atoms with E-state index in [-0.39, 0.29) is 29.3 Å². The minimum Gasteiger partial charge on any atom is -0.379 e. The molecule has 1 aliphatic heterocycles. The van der Waals surface area contributed by atoms with E-state index < -0.39 is 0 Å². The predicted octanol–water partition coefficient (Wildman–Crippen LogP) is 0.422. The number of nitrogens with one attached hydrogen (secondary N) is 3. The average molecular weight is 299 g/mol. The summed E-state index contributed by atoms with van der Waals surface area (Å²) in [5, 5.41) is 9.03. The van der Waals surface area contributed by atoms with E-state index in [1.807, 2.05) is 20.8 Å². The Hall–Kier alpha value is -1.14. The molecule has 2 atom stereocenters. The van der Waals surface area contributed by atoms with Crippen molar-refractivity contribution in [2.24, 2.45) is 5.92 Å². The van der Waals surface area contributed by atoms with Crippen molar-refractivity contribution in [1.82, 2.24) is 16.0 Å². The number of ether oxygens (including phenoxy) is 1. The summed E-state index contributed by atoms with van der Waals surface area (Å²) in [6.07, 6.45) is 1.32. The first-order chi connectivity index (χ1) is 9.83. The molecule has 1 saturated heterocycles. The van der Waals surface area contributed by atoms with Crippen molar-refractivity contribution < 1.29 is 14.3 Å². The maximum atomic E-state index is 12.1. The van der Waals surface area contributed by atoms with Gasteiger partial charge in [-0.15, -0.1) is 0 Å². The minimum atomic E-state index is -0.241. The van der Waals surface area contributed by atoms with E-state index in [2.05, 4.69) is 22.9 Å².